The molecule has 5 aromatic heterocycles. The van der Waals surface area contributed by atoms with E-state index in [0.717, 1.165) is 78.0 Å². The quantitative estimate of drug-likeness (QED) is 0.214. The van der Waals surface area contributed by atoms with Crippen LogP contribution < -0.4 is 0 Å². The van der Waals surface area contributed by atoms with Gasteiger partial charge in [0.15, 0.2) is 11.3 Å². The van der Waals surface area contributed by atoms with E-state index in [1.165, 1.54) is 0 Å². The van der Waals surface area contributed by atoms with E-state index in [0.29, 0.717) is 0 Å². The maximum atomic E-state index is 5.46. The van der Waals surface area contributed by atoms with Crippen molar-refractivity contribution in [3.8, 4) is 33.9 Å². The van der Waals surface area contributed by atoms with Crippen LogP contribution in [0.15, 0.2) is 146 Å². The second-order valence-corrected chi connectivity index (χ2v) is 10.8. The van der Waals surface area contributed by atoms with Crippen LogP contribution in [-0.2, 0) is 0 Å². The molecule has 9 aromatic rings. The number of fused-ring (bicyclic) bond motifs is 6. The smallest absolute Gasteiger partial charge is 0.168 e. The zero-order valence-electron chi connectivity index (χ0n) is 23.5. The summed E-state index contributed by atoms with van der Waals surface area (Å²) in [5, 5.41) is 2.06. The van der Waals surface area contributed by atoms with Crippen molar-refractivity contribution in [3.63, 3.8) is 0 Å². The standard InChI is InChI=1S/C38H24N6/c1-3-13-25(14-4-1)27-19-11-23-39-35(27)43-31-21-9-7-17-29(31)33-37(43)42-38-34(41-33)30-18-8-10-22-32(30)44(38)36-28(20-12-24-40-36)26-15-5-2-6-16-26/h1-24H. The predicted octanol–water partition coefficient (Wildman–Crippen LogP) is 8.79. The average molecular weight is 565 g/mol. The third-order valence-corrected chi connectivity index (χ3v) is 8.25. The molecule has 0 radical (unpaired) electrons. The normalized spacial score (nSPS) is 11.6. The van der Waals surface area contributed by atoms with Crippen LogP contribution in [0.4, 0.5) is 0 Å². The minimum absolute atomic E-state index is 0.746. The third-order valence-electron chi connectivity index (χ3n) is 8.25. The van der Waals surface area contributed by atoms with Crippen molar-refractivity contribution < 1.29 is 0 Å². The highest BCUT2D eigenvalue weighted by atomic mass is 15.2. The molecule has 0 aliphatic rings. The van der Waals surface area contributed by atoms with Gasteiger partial charge in [0.25, 0.3) is 0 Å². The molecule has 9 rings (SSSR count). The van der Waals surface area contributed by atoms with Gasteiger partial charge in [0.05, 0.1) is 11.0 Å². The summed E-state index contributed by atoms with van der Waals surface area (Å²) in [6.45, 7) is 0. The Morgan fingerprint density at radius 2 is 0.818 bits per heavy atom. The first-order valence-electron chi connectivity index (χ1n) is 14.6. The van der Waals surface area contributed by atoms with E-state index in [4.69, 9.17) is 19.9 Å². The van der Waals surface area contributed by atoms with Crippen molar-refractivity contribution in [2.75, 3.05) is 0 Å². The summed E-state index contributed by atoms with van der Waals surface area (Å²) in [4.78, 5) is 20.7. The molecular weight excluding hydrogens is 540 g/mol. The molecule has 6 nitrogen and oxygen atoms in total. The van der Waals surface area contributed by atoms with Gasteiger partial charge in [-0.05, 0) is 47.5 Å². The fourth-order valence-corrected chi connectivity index (χ4v) is 6.32. The van der Waals surface area contributed by atoms with Gasteiger partial charge in [0.1, 0.15) is 22.7 Å². The molecule has 0 N–H and O–H groups in total. The highest BCUT2D eigenvalue weighted by Gasteiger charge is 2.23. The van der Waals surface area contributed by atoms with Gasteiger partial charge in [-0.25, -0.2) is 19.9 Å². The van der Waals surface area contributed by atoms with Gasteiger partial charge >= 0.3 is 0 Å². The van der Waals surface area contributed by atoms with Crippen LogP contribution >= 0.6 is 0 Å². The Morgan fingerprint density at radius 3 is 1.30 bits per heavy atom. The number of benzene rings is 4. The lowest BCUT2D eigenvalue weighted by atomic mass is 10.1. The summed E-state index contributed by atoms with van der Waals surface area (Å²) >= 11 is 0. The van der Waals surface area contributed by atoms with Crippen LogP contribution in [0, 0.1) is 0 Å². The second-order valence-electron chi connectivity index (χ2n) is 10.8. The van der Waals surface area contributed by atoms with Gasteiger partial charge in [-0.1, -0.05) is 97.1 Å². The summed E-state index contributed by atoms with van der Waals surface area (Å²) in [6, 6.07) is 45.6. The Kier molecular flexibility index (Phi) is 5.40. The van der Waals surface area contributed by atoms with Crippen LogP contribution in [0.3, 0.4) is 0 Å². The fourth-order valence-electron chi connectivity index (χ4n) is 6.32. The van der Waals surface area contributed by atoms with Crippen LogP contribution in [0.5, 0.6) is 0 Å². The highest BCUT2D eigenvalue weighted by molar-refractivity contribution is 6.13. The summed E-state index contributed by atoms with van der Waals surface area (Å²) in [6.07, 6.45) is 3.68. The number of hydrogen-bond donors (Lipinski definition) is 0. The molecule has 6 heteroatoms. The summed E-state index contributed by atoms with van der Waals surface area (Å²) < 4.78 is 4.30. The molecule has 0 saturated heterocycles. The van der Waals surface area contributed by atoms with Crippen molar-refractivity contribution in [1.29, 1.82) is 0 Å². The second kappa shape index (κ2) is 9.71. The van der Waals surface area contributed by atoms with E-state index in [1.807, 2.05) is 36.7 Å². The maximum Gasteiger partial charge on any atom is 0.168 e. The van der Waals surface area contributed by atoms with Crippen molar-refractivity contribution in [3.05, 3.63) is 146 Å². The largest absolute Gasteiger partial charge is 0.276 e. The first-order valence-corrected chi connectivity index (χ1v) is 14.6. The molecule has 0 atom stereocenters. The molecule has 0 fully saturated rings. The third kappa shape index (κ3) is 3.61. The molecule has 4 aromatic carbocycles. The first-order chi connectivity index (χ1) is 21.9. The van der Waals surface area contributed by atoms with Gasteiger partial charge in [-0.15, -0.1) is 0 Å². The molecule has 0 aliphatic carbocycles. The van der Waals surface area contributed by atoms with Crippen molar-refractivity contribution in [2.24, 2.45) is 0 Å². The first kappa shape index (κ1) is 24.5. The van der Waals surface area contributed by atoms with Gasteiger partial charge in [0, 0.05) is 34.3 Å². The molecule has 0 aliphatic heterocycles. The number of rotatable bonds is 4. The Balaban J connectivity index is 1.43. The molecular formula is C38H24N6. The summed E-state index contributed by atoms with van der Waals surface area (Å²) in [5.41, 5.74) is 9.40. The number of aromatic nitrogens is 6. The molecule has 0 saturated carbocycles. The molecule has 5 heterocycles. The number of pyridine rings is 2. The van der Waals surface area contributed by atoms with Gasteiger partial charge in [-0.2, -0.15) is 0 Å². The van der Waals surface area contributed by atoms with Gasteiger partial charge in [0.2, 0.25) is 0 Å². The van der Waals surface area contributed by atoms with Crippen LogP contribution in [0.2, 0.25) is 0 Å². The van der Waals surface area contributed by atoms with Crippen LogP contribution in [-0.4, -0.2) is 29.1 Å². The zero-order valence-corrected chi connectivity index (χ0v) is 23.5. The van der Waals surface area contributed by atoms with Crippen molar-refractivity contribution in [1.82, 2.24) is 29.1 Å². The van der Waals surface area contributed by atoms with E-state index < -0.39 is 0 Å². The predicted molar refractivity (Wildman–Crippen MR) is 177 cm³/mol. The monoisotopic (exact) mass is 564 g/mol. The lowest BCUT2D eigenvalue weighted by Crippen LogP contribution is -2.04. The molecule has 0 amide bonds. The summed E-state index contributed by atoms with van der Waals surface area (Å²) in [5.74, 6) is 1.62. The van der Waals surface area contributed by atoms with E-state index in [9.17, 15) is 0 Å². The molecule has 0 spiro atoms. The lowest BCUT2D eigenvalue weighted by molar-refractivity contribution is 1.03. The molecule has 206 valence electrons. The van der Waals surface area contributed by atoms with Crippen molar-refractivity contribution >= 4 is 44.1 Å². The fraction of sp³-hybridized carbons (Fsp3) is 0. The minimum atomic E-state index is 0.746. The molecule has 0 bridgehead atoms. The highest BCUT2D eigenvalue weighted by Crippen LogP contribution is 2.38. The Morgan fingerprint density at radius 1 is 0.386 bits per heavy atom. The number of nitrogens with zero attached hydrogens (tertiary/aromatic N) is 6. The molecule has 44 heavy (non-hydrogen) atoms. The lowest BCUT2D eigenvalue weighted by Gasteiger charge is -2.13. The Bertz CT molecular complexity index is 2320. The maximum absolute atomic E-state index is 5.46. The minimum Gasteiger partial charge on any atom is -0.276 e. The Labute approximate surface area is 252 Å². The van der Waals surface area contributed by atoms with E-state index in [2.05, 4.69) is 118 Å². The summed E-state index contributed by atoms with van der Waals surface area (Å²) in [7, 11) is 0. The topological polar surface area (TPSA) is 61.4 Å². The van der Waals surface area contributed by atoms with Gasteiger partial charge < -0.3 is 0 Å². The van der Waals surface area contributed by atoms with E-state index in [1.54, 1.807) is 0 Å². The Hall–Kier alpha value is -6.14. The number of para-hydroxylation sites is 2. The molecule has 0 unspecified atom stereocenters. The average Bonchev–Trinajstić information content (AvgIpc) is 3.60. The van der Waals surface area contributed by atoms with E-state index in [-0.39, 0.29) is 0 Å². The van der Waals surface area contributed by atoms with Gasteiger partial charge in [-0.3, -0.25) is 9.13 Å². The van der Waals surface area contributed by atoms with E-state index >= 15 is 0 Å². The van der Waals surface area contributed by atoms with Crippen LogP contribution in [0.1, 0.15) is 0 Å². The van der Waals surface area contributed by atoms with Crippen molar-refractivity contribution in [2.45, 2.75) is 0 Å². The SMILES string of the molecule is c1ccc(-c2cccnc2-n2c3ccccc3c3nc4c5ccccc5n(-c5ncccc5-c5ccccc5)c4nc32)cc1. The number of hydrogen-bond acceptors (Lipinski definition) is 4. The zero-order chi connectivity index (χ0) is 29.0. The van der Waals surface area contributed by atoms with Crippen LogP contribution in [0.25, 0.3) is 78.0 Å².